The van der Waals surface area contributed by atoms with Gasteiger partial charge >= 0.3 is 0 Å². The molecule has 0 aromatic heterocycles. The van der Waals surface area contributed by atoms with Gasteiger partial charge in [-0.2, -0.15) is 0 Å². The molecular weight excluding hydrogens is 461 g/mol. The Balaban J connectivity index is 1.27. The van der Waals surface area contributed by atoms with E-state index >= 15 is 0 Å². The van der Waals surface area contributed by atoms with E-state index in [1.54, 1.807) is 4.90 Å². The predicted molar refractivity (Wildman–Crippen MR) is 133 cm³/mol. The highest BCUT2D eigenvalue weighted by molar-refractivity contribution is 5.94. The lowest BCUT2D eigenvalue weighted by atomic mass is 9.88. The van der Waals surface area contributed by atoms with E-state index in [2.05, 4.69) is 10.6 Å². The van der Waals surface area contributed by atoms with Gasteiger partial charge in [-0.05, 0) is 55.5 Å². The zero-order chi connectivity index (χ0) is 25.3. The van der Waals surface area contributed by atoms with Gasteiger partial charge in [-0.25, -0.2) is 4.39 Å². The van der Waals surface area contributed by atoms with Crippen molar-refractivity contribution in [1.29, 1.82) is 0 Å². The molecule has 1 saturated heterocycles. The molecule has 0 radical (unpaired) electrons. The second kappa shape index (κ2) is 12.6. The molecular formula is C28H34FN3O4. The van der Waals surface area contributed by atoms with Gasteiger partial charge in [0.05, 0.1) is 12.5 Å². The predicted octanol–water partition coefficient (Wildman–Crippen LogP) is 3.44. The molecule has 1 aliphatic heterocycles. The number of halogens is 1. The van der Waals surface area contributed by atoms with Gasteiger partial charge in [0.2, 0.25) is 11.8 Å². The van der Waals surface area contributed by atoms with E-state index < -0.39 is 5.82 Å². The number of carbonyl (C=O) groups excluding carboxylic acids is 3. The second-order valence-corrected chi connectivity index (χ2v) is 9.64. The van der Waals surface area contributed by atoms with E-state index in [-0.39, 0.29) is 42.3 Å². The molecule has 7 nitrogen and oxygen atoms in total. The number of ether oxygens (including phenoxy) is 1. The van der Waals surface area contributed by atoms with Crippen LogP contribution in [0.3, 0.4) is 0 Å². The zero-order valence-corrected chi connectivity index (χ0v) is 20.5. The van der Waals surface area contributed by atoms with Crippen LogP contribution in [0, 0.1) is 11.7 Å². The minimum atomic E-state index is -0.392. The van der Waals surface area contributed by atoms with E-state index in [4.69, 9.17) is 4.74 Å². The Morgan fingerprint density at radius 1 is 0.889 bits per heavy atom. The van der Waals surface area contributed by atoms with Crippen LogP contribution >= 0.6 is 0 Å². The summed E-state index contributed by atoms with van der Waals surface area (Å²) >= 11 is 0. The number of benzene rings is 2. The molecule has 0 unspecified atom stereocenters. The Kier molecular flexibility index (Phi) is 9.06. The van der Waals surface area contributed by atoms with Gasteiger partial charge < -0.3 is 20.3 Å². The summed E-state index contributed by atoms with van der Waals surface area (Å²) in [5.74, 6) is -1.13. The third-order valence-corrected chi connectivity index (χ3v) is 7.00. The first-order chi connectivity index (χ1) is 17.5. The fourth-order valence-corrected chi connectivity index (χ4v) is 4.97. The van der Waals surface area contributed by atoms with Gasteiger partial charge in [-0.15, -0.1) is 0 Å². The summed E-state index contributed by atoms with van der Waals surface area (Å²) in [5, 5.41) is 6.17. The van der Waals surface area contributed by atoms with Crippen LogP contribution in [0.5, 0.6) is 0 Å². The van der Waals surface area contributed by atoms with Gasteiger partial charge in [-0.1, -0.05) is 43.2 Å². The maximum Gasteiger partial charge on any atom is 0.251 e. The molecule has 1 saturated carbocycles. The average Bonchev–Trinajstić information content (AvgIpc) is 2.90. The fourth-order valence-electron chi connectivity index (χ4n) is 4.97. The van der Waals surface area contributed by atoms with Crippen LogP contribution in [0.25, 0.3) is 0 Å². The number of likely N-dealkylation sites (tertiary alicyclic amines) is 1. The number of hydrogen-bond acceptors (Lipinski definition) is 4. The summed E-state index contributed by atoms with van der Waals surface area (Å²) in [7, 11) is 0. The number of rotatable bonds is 8. The Labute approximate surface area is 211 Å². The molecule has 0 spiro atoms. The third kappa shape index (κ3) is 7.13. The molecule has 8 heteroatoms. The van der Waals surface area contributed by atoms with Crippen molar-refractivity contribution in [3.63, 3.8) is 0 Å². The number of nitrogens with one attached hydrogen (secondary N) is 2. The number of hydrogen-bond donors (Lipinski definition) is 2. The third-order valence-electron chi connectivity index (χ3n) is 7.00. The molecule has 1 aliphatic carbocycles. The van der Waals surface area contributed by atoms with Crippen LogP contribution in [0.4, 0.5) is 4.39 Å². The van der Waals surface area contributed by atoms with Crippen LogP contribution in [-0.4, -0.2) is 54.4 Å². The smallest absolute Gasteiger partial charge is 0.251 e. The molecule has 3 amide bonds. The molecule has 2 aliphatic rings. The first-order valence-electron chi connectivity index (χ1n) is 12.8. The van der Waals surface area contributed by atoms with Gasteiger partial charge in [0.1, 0.15) is 12.4 Å². The lowest BCUT2D eigenvalue weighted by molar-refractivity contribution is -0.140. The Morgan fingerprint density at radius 2 is 1.58 bits per heavy atom. The molecule has 2 aromatic carbocycles. The molecule has 2 N–H and O–H groups in total. The first-order valence-corrected chi connectivity index (χ1v) is 12.8. The van der Waals surface area contributed by atoms with Gasteiger partial charge in [-0.3, -0.25) is 14.4 Å². The standard InChI is InChI=1S/C28H34FN3O4/c29-23-14-12-21(13-15-23)27(34)30-24-10-4-5-11-25(24)31-28(35)22-9-6-16-32(17-22)26(33)19-36-18-20-7-2-1-3-8-20/h1-3,7-8,12-15,22,24-25H,4-6,9-11,16-19H2,(H,30,34)(H,31,35)/t22-,24-,25-/m1/s1. The van der Waals surface area contributed by atoms with E-state index in [1.165, 1.54) is 24.3 Å². The zero-order valence-electron chi connectivity index (χ0n) is 20.5. The lowest BCUT2D eigenvalue weighted by Crippen LogP contribution is -2.55. The van der Waals surface area contributed by atoms with Crippen LogP contribution in [0.1, 0.15) is 54.4 Å². The second-order valence-electron chi connectivity index (χ2n) is 9.64. The van der Waals surface area contributed by atoms with E-state index in [0.717, 1.165) is 44.1 Å². The van der Waals surface area contributed by atoms with Crippen molar-refractivity contribution in [2.24, 2.45) is 5.92 Å². The first kappa shape index (κ1) is 25.8. The molecule has 3 atom stereocenters. The average molecular weight is 496 g/mol. The van der Waals surface area contributed by atoms with Crippen molar-refractivity contribution < 1.29 is 23.5 Å². The Hall–Kier alpha value is -3.26. The molecule has 36 heavy (non-hydrogen) atoms. The number of amides is 3. The topological polar surface area (TPSA) is 87.7 Å². The van der Waals surface area contributed by atoms with Crippen molar-refractivity contribution in [3.05, 3.63) is 71.5 Å². The number of piperidine rings is 1. The molecule has 4 rings (SSSR count). The van der Waals surface area contributed by atoms with Crippen molar-refractivity contribution in [2.75, 3.05) is 19.7 Å². The SMILES string of the molecule is O=C(N[C@@H]1CCCC[C@H]1NC(=O)[C@@H]1CCCN(C(=O)COCc2ccccc2)C1)c1ccc(F)cc1. The maximum absolute atomic E-state index is 13.2. The molecule has 2 aromatic rings. The molecule has 2 fully saturated rings. The summed E-state index contributed by atoms with van der Waals surface area (Å²) in [4.78, 5) is 40.2. The summed E-state index contributed by atoms with van der Waals surface area (Å²) < 4.78 is 18.8. The highest BCUT2D eigenvalue weighted by Crippen LogP contribution is 2.22. The van der Waals surface area contributed by atoms with E-state index in [0.29, 0.717) is 25.3 Å². The molecule has 0 bridgehead atoms. The van der Waals surface area contributed by atoms with Gasteiger partial charge in [0, 0.05) is 30.7 Å². The summed E-state index contributed by atoms with van der Waals surface area (Å²) in [5.41, 5.74) is 1.40. The highest BCUT2D eigenvalue weighted by atomic mass is 19.1. The fraction of sp³-hybridized carbons (Fsp3) is 0.464. The summed E-state index contributed by atoms with van der Waals surface area (Å²) in [6.07, 6.45) is 4.98. The van der Waals surface area contributed by atoms with E-state index in [1.807, 2.05) is 30.3 Å². The summed E-state index contributed by atoms with van der Waals surface area (Å²) in [6.45, 7) is 1.36. The Morgan fingerprint density at radius 3 is 2.31 bits per heavy atom. The maximum atomic E-state index is 13.2. The van der Waals surface area contributed by atoms with Gasteiger partial charge in [0.15, 0.2) is 0 Å². The Bertz CT molecular complexity index is 1030. The van der Waals surface area contributed by atoms with Crippen LogP contribution in [0.15, 0.2) is 54.6 Å². The number of nitrogens with zero attached hydrogens (tertiary/aromatic N) is 1. The van der Waals surface area contributed by atoms with Gasteiger partial charge in [0.25, 0.3) is 5.91 Å². The van der Waals surface area contributed by atoms with Crippen molar-refractivity contribution in [2.45, 2.75) is 57.2 Å². The quantitative estimate of drug-likeness (QED) is 0.587. The summed E-state index contributed by atoms with van der Waals surface area (Å²) in [6, 6.07) is 14.8. The monoisotopic (exact) mass is 495 g/mol. The minimum Gasteiger partial charge on any atom is -0.367 e. The lowest BCUT2D eigenvalue weighted by Gasteiger charge is -2.36. The highest BCUT2D eigenvalue weighted by Gasteiger charge is 2.33. The van der Waals surface area contributed by atoms with Crippen LogP contribution in [0.2, 0.25) is 0 Å². The minimum absolute atomic E-state index is 0.0106. The molecule has 192 valence electrons. The number of carbonyl (C=O) groups is 3. The van der Waals surface area contributed by atoms with Crippen LogP contribution < -0.4 is 10.6 Å². The normalized spacial score (nSPS) is 22.0. The van der Waals surface area contributed by atoms with Crippen molar-refractivity contribution >= 4 is 17.7 Å². The molecule has 1 heterocycles. The van der Waals surface area contributed by atoms with E-state index in [9.17, 15) is 18.8 Å². The van der Waals surface area contributed by atoms with Crippen molar-refractivity contribution in [3.8, 4) is 0 Å². The van der Waals surface area contributed by atoms with Crippen LogP contribution in [-0.2, 0) is 20.9 Å². The largest absolute Gasteiger partial charge is 0.367 e. The van der Waals surface area contributed by atoms with Crippen molar-refractivity contribution in [1.82, 2.24) is 15.5 Å².